The monoisotopic (exact) mass is 519 g/mol. The van der Waals surface area contributed by atoms with Gasteiger partial charge in [-0.2, -0.15) is 13.2 Å². The van der Waals surface area contributed by atoms with Crippen molar-refractivity contribution in [3.05, 3.63) is 53.1 Å². The number of sulfonamides is 1. The third kappa shape index (κ3) is 5.69. The first-order valence-electron chi connectivity index (χ1n) is 10.4. The highest BCUT2D eigenvalue weighted by atomic mass is 35.5. The lowest BCUT2D eigenvalue weighted by atomic mass is 10.1. The molecule has 7 nitrogen and oxygen atoms in total. The van der Waals surface area contributed by atoms with Crippen LogP contribution in [0.1, 0.15) is 12.5 Å². The molecule has 1 fully saturated rings. The average molecular weight is 520 g/mol. The molecule has 3 rings (SSSR count). The third-order valence-corrected chi connectivity index (χ3v) is 7.12. The predicted molar refractivity (Wildman–Crippen MR) is 125 cm³/mol. The van der Waals surface area contributed by atoms with Crippen molar-refractivity contribution in [1.82, 2.24) is 4.90 Å². The molecule has 0 bridgehead atoms. The fourth-order valence-corrected chi connectivity index (χ4v) is 5.34. The van der Waals surface area contributed by atoms with Crippen LogP contribution in [-0.2, 0) is 21.0 Å². The summed E-state index contributed by atoms with van der Waals surface area (Å²) in [5.41, 5.74) is -0.101. The highest BCUT2D eigenvalue weighted by Crippen LogP contribution is 2.33. The number of carbonyl (C=O) groups is 1. The highest BCUT2D eigenvalue weighted by Gasteiger charge is 2.34. The Morgan fingerprint density at radius 2 is 1.76 bits per heavy atom. The zero-order valence-corrected chi connectivity index (χ0v) is 20.4. The van der Waals surface area contributed by atoms with Gasteiger partial charge in [0.1, 0.15) is 11.8 Å². The van der Waals surface area contributed by atoms with Gasteiger partial charge in [0.05, 0.1) is 29.6 Å². The standard InChI is InChI=1S/C22H25ClF3N3O4S/c1-15(29(34(3,31)32)18-7-8-20(33-2)19(23)14-18)21(30)28-11-9-27(10-12-28)17-6-4-5-16(13-17)22(24,25)26/h4-8,13-15H,9-12H2,1-3H3. The summed E-state index contributed by atoms with van der Waals surface area (Å²) in [4.78, 5) is 16.5. The van der Waals surface area contributed by atoms with Crippen molar-refractivity contribution in [2.24, 2.45) is 0 Å². The SMILES string of the molecule is COc1ccc(N(C(C)C(=O)N2CCN(c3cccc(C(F)(F)F)c3)CC2)S(C)(=O)=O)cc1Cl. The van der Waals surface area contributed by atoms with E-state index >= 15 is 0 Å². The van der Waals surface area contributed by atoms with E-state index < -0.39 is 33.7 Å². The first-order chi connectivity index (χ1) is 15.8. The quantitative estimate of drug-likeness (QED) is 0.579. The van der Waals surface area contributed by atoms with Crippen molar-refractivity contribution in [2.45, 2.75) is 19.1 Å². The van der Waals surface area contributed by atoms with Gasteiger partial charge in [-0.25, -0.2) is 8.42 Å². The van der Waals surface area contributed by atoms with Crippen molar-refractivity contribution in [2.75, 3.05) is 48.7 Å². The minimum Gasteiger partial charge on any atom is -0.495 e. The smallest absolute Gasteiger partial charge is 0.416 e. The van der Waals surface area contributed by atoms with Crippen LogP contribution < -0.4 is 13.9 Å². The summed E-state index contributed by atoms with van der Waals surface area (Å²) in [7, 11) is -2.41. The molecule has 0 aromatic heterocycles. The maximum absolute atomic E-state index is 13.2. The number of anilines is 2. The summed E-state index contributed by atoms with van der Waals surface area (Å²) < 4.78 is 70.3. The topological polar surface area (TPSA) is 70.2 Å². The van der Waals surface area contributed by atoms with Gasteiger partial charge < -0.3 is 14.5 Å². The Hall–Kier alpha value is -2.66. The van der Waals surface area contributed by atoms with E-state index in [1.807, 2.05) is 0 Å². The molecular weight excluding hydrogens is 495 g/mol. The van der Waals surface area contributed by atoms with Gasteiger partial charge in [-0.15, -0.1) is 0 Å². The molecule has 1 atom stereocenters. The van der Waals surface area contributed by atoms with Gasteiger partial charge in [0.15, 0.2) is 0 Å². The summed E-state index contributed by atoms with van der Waals surface area (Å²) in [6.45, 7) is 2.58. The highest BCUT2D eigenvalue weighted by molar-refractivity contribution is 7.92. The molecule has 186 valence electrons. The van der Waals surface area contributed by atoms with Crippen molar-refractivity contribution >= 4 is 38.9 Å². The maximum Gasteiger partial charge on any atom is 0.416 e. The van der Waals surface area contributed by atoms with Crippen LogP contribution in [0.25, 0.3) is 0 Å². The Morgan fingerprint density at radius 3 is 2.29 bits per heavy atom. The first-order valence-corrected chi connectivity index (χ1v) is 12.6. The second-order valence-corrected chi connectivity index (χ2v) is 10.2. The molecule has 1 aliphatic heterocycles. The molecule has 0 N–H and O–H groups in total. The van der Waals surface area contributed by atoms with Gasteiger partial charge in [0, 0.05) is 31.9 Å². The van der Waals surface area contributed by atoms with Crippen molar-refractivity contribution in [3.8, 4) is 5.75 Å². The molecule has 34 heavy (non-hydrogen) atoms. The number of carbonyl (C=O) groups excluding carboxylic acids is 1. The Bertz CT molecular complexity index is 1150. The molecule has 0 radical (unpaired) electrons. The maximum atomic E-state index is 13.2. The Kier molecular flexibility index (Phi) is 7.56. The second-order valence-electron chi connectivity index (χ2n) is 7.91. The fraction of sp³-hybridized carbons (Fsp3) is 0.409. The number of amides is 1. The van der Waals surface area contributed by atoms with Crippen molar-refractivity contribution in [3.63, 3.8) is 0 Å². The molecule has 0 saturated carbocycles. The lowest BCUT2D eigenvalue weighted by Gasteiger charge is -2.39. The predicted octanol–water partition coefficient (Wildman–Crippen LogP) is 3.87. The van der Waals surface area contributed by atoms with Crippen LogP contribution in [0.4, 0.5) is 24.5 Å². The summed E-state index contributed by atoms with van der Waals surface area (Å²) in [5.74, 6) is -0.0513. The minimum absolute atomic E-state index is 0.197. The van der Waals surface area contributed by atoms with E-state index in [2.05, 4.69) is 0 Å². The zero-order chi connectivity index (χ0) is 25.3. The normalized spacial score (nSPS) is 15.7. The molecular formula is C22H25ClF3N3O4S. The average Bonchev–Trinajstić information content (AvgIpc) is 2.77. The van der Waals surface area contributed by atoms with Gasteiger partial charge in [0.25, 0.3) is 0 Å². The molecule has 12 heteroatoms. The lowest BCUT2D eigenvalue weighted by Crippen LogP contribution is -2.55. The van der Waals surface area contributed by atoms with E-state index in [1.165, 1.54) is 43.2 Å². The minimum atomic E-state index is -4.44. The van der Waals surface area contributed by atoms with Crippen LogP contribution in [0.15, 0.2) is 42.5 Å². The Labute approximate surface area is 201 Å². The molecule has 1 aliphatic rings. The third-order valence-electron chi connectivity index (χ3n) is 5.59. The largest absolute Gasteiger partial charge is 0.495 e. The van der Waals surface area contributed by atoms with Crippen molar-refractivity contribution < 1.29 is 31.1 Å². The van der Waals surface area contributed by atoms with Crippen LogP contribution in [-0.4, -0.2) is 64.8 Å². The molecule has 2 aromatic rings. The molecule has 1 saturated heterocycles. The number of nitrogens with zero attached hydrogens (tertiary/aromatic N) is 3. The van der Waals surface area contributed by atoms with Gasteiger partial charge >= 0.3 is 6.18 Å². The molecule has 1 heterocycles. The van der Waals surface area contributed by atoms with Gasteiger partial charge in [0.2, 0.25) is 15.9 Å². The number of methoxy groups -OCH3 is 1. The number of hydrogen-bond donors (Lipinski definition) is 0. The van der Waals surface area contributed by atoms with Gasteiger partial charge in [-0.3, -0.25) is 9.10 Å². The zero-order valence-electron chi connectivity index (χ0n) is 18.8. The van der Waals surface area contributed by atoms with E-state index in [9.17, 15) is 26.4 Å². The lowest BCUT2D eigenvalue weighted by molar-refractivity contribution is -0.137. The number of hydrogen-bond acceptors (Lipinski definition) is 5. The van der Waals surface area contributed by atoms with Crippen LogP contribution in [0.5, 0.6) is 5.75 Å². The van der Waals surface area contributed by atoms with E-state index in [0.717, 1.165) is 22.7 Å². The fourth-order valence-electron chi connectivity index (χ4n) is 3.92. The first kappa shape index (κ1) is 26.0. The number of rotatable bonds is 6. The van der Waals surface area contributed by atoms with Crippen LogP contribution in [0.3, 0.4) is 0 Å². The number of alkyl halides is 3. The van der Waals surface area contributed by atoms with E-state index in [-0.39, 0.29) is 23.8 Å². The Morgan fingerprint density at radius 1 is 1.12 bits per heavy atom. The second kappa shape index (κ2) is 9.91. The van der Waals surface area contributed by atoms with Gasteiger partial charge in [-0.05, 0) is 43.3 Å². The number of benzene rings is 2. The molecule has 1 unspecified atom stereocenters. The van der Waals surface area contributed by atoms with Crippen LogP contribution >= 0.6 is 11.6 Å². The number of piperazine rings is 1. The van der Waals surface area contributed by atoms with E-state index in [1.54, 1.807) is 11.0 Å². The van der Waals surface area contributed by atoms with Crippen LogP contribution in [0.2, 0.25) is 5.02 Å². The number of halogens is 4. The molecule has 1 amide bonds. The summed E-state index contributed by atoms with van der Waals surface area (Å²) in [6.07, 6.45) is -3.44. The van der Waals surface area contributed by atoms with E-state index in [0.29, 0.717) is 24.5 Å². The Balaban J connectivity index is 1.75. The molecule has 0 aliphatic carbocycles. The molecule has 2 aromatic carbocycles. The summed E-state index contributed by atoms with van der Waals surface area (Å²) in [5, 5.41) is 0.197. The summed E-state index contributed by atoms with van der Waals surface area (Å²) in [6, 6.07) is 8.41. The number of ether oxygens (including phenoxy) is 1. The summed E-state index contributed by atoms with van der Waals surface area (Å²) >= 11 is 6.15. The van der Waals surface area contributed by atoms with Gasteiger partial charge in [-0.1, -0.05) is 17.7 Å². The van der Waals surface area contributed by atoms with Crippen LogP contribution in [0, 0.1) is 0 Å². The van der Waals surface area contributed by atoms with Crippen molar-refractivity contribution in [1.29, 1.82) is 0 Å². The van der Waals surface area contributed by atoms with E-state index in [4.69, 9.17) is 16.3 Å². The molecule has 0 spiro atoms.